The van der Waals surface area contributed by atoms with E-state index in [1.54, 1.807) is 12.3 Å². The first-order valence-electron chi connectivity index (χ1n) is 7.78. The number of rotatable bonds is 3. The Labute approximate surface area is 127 Å². The number of hydrogen-bond donors (Lipinski definition) is 3. The van der Waals surface area contributed by atoms with Crippen LogP contribution in [-0.4, -0.2) is 16.9 Å². The second kappa shape index (κ2) is 4.95. The van der Waals surface area contributed by atoms with E-state index in [9.17, 15) is 9.59 Å². The van der Waals surface area contributed by atoms with Crippen molar-refractivity contribution in [1.82, 2.24) is 10.3 Å². The van der Waals surface area contributed by atoms with Crippen molar-refractivity contribution in [2.45, 2.75) is 25.4 Å². The van der Waals surface area contributed by atoms with Gasteiger partial charge in [0.2, 0.25) is 5.91 Å². The van der Waals surface area contributed by atoms with Crippen molar-refractivity contribution < 1.29 is 4.79 Å². The molecule has 2 saturated carbocycles. The molecule has 0 unspecified atom stereocenters. The monoisotopic (exact) mass is 297 g/mol. The lowest BCUT2D eigenvalue weighted by atomic mass is 10.0. The molecule has 1 aromatic heterocycles. The lowest BCUT2D eigenvalue weighted by Crippen LogP contribution is -2.32. The maximum atomic E-state index is 12.4. The highest BCUT2D eigenvalue weighted by molar-refractivity contribution is 5.85. The van der Waals surface area contributed by atoms with Gasteiger partial charge in [-0.05, 0) is 41.7 Å². The molecule has 5 heteroatoms. The lowest BCUT2D eigenvalue weighted by Gasteiger charge is -2.14. The normalized spacial score (nSPS) is 29.3. The minimum absolute atomic E-state index is 0.0639. The van der Waals surface area contributed by atoms with Crippen LogP contribution in [0.1, 0.15) is 18.4 Å². The van der Waals surface area contributed by atoms with Crippen LogP contribution in [0.2, 0.25) is 0 Å². The third-order valence-electron chi connectivity index (χ3n) is 5.17. The molecule has 4 atom stereocenters. The van der Waals surface area contributed by atoms with E-state index in [0.717, 1.165) is 23.8 Å². The first-order valence-corrected chi connectivity index (χ1v) is 7.78. The van der Waals surface area contributed by atoms with Crippen LogP contribution in [0.5, 0.6) is 0 Å². The van der Waals surface area contributed by atoms with Gasteiger partial charge in [-0.25, -0.2) is 0 Å². The summed E-state index contributed by atoms with van der Waals surface area (Å²) in [5.41, 5.74) is 6.85. The van der Waals surface area contributed by atoms with Crippen LogP contribution in [0, 0.1) is 17.8 Å². The van der Waals surface area contributed by atoms with Crippen LogP contribution in [0.15, 0.2) is 35.3 Å². The smallest absolute Gasteiger partial charge is 0.255 e. The Morgan fingerprint density at radius 2 is 2.00 bits per heavy atom. The van der Waals surface area contributed by atoms with E-state index in [0.29, 0.717) is 23.8 Å². The maximum Gasteiger partial charge on any atom is 0.255 e. The lowest BCUT2D eigenvalue weighted by molar-refractivity contribution is -0.125. The predicted octanol–water partition coefficient (Wildman–Crippen LogP) is 1.13. The number of aromatic amines is 1. The van der Waals surface area contributed by atoms with E-state index < -0.39 is 0 Å². The van der Waals surface area contributed by atoms with Crippen LogP contribution >= 0.6 is 0 Å². The van der Waals surface area contributed by atoms with Gasteiger partial charge in [0.15, 0.2) is 0 Å². The van der Waals surface area contributed by atoms with Gasteiger partial charge in [-0.1, -0.05) is 18.2 Å². The van der Waals surface area contributed by atoms with Gasteiger partial charge in [0.25, 0.3) is 5.56 Å². The van der Waals surface area contributed by atoms with Crippen LogP contribution < -0.4 is 16.6 Å². The SMILES string of the molecule is N[C@@H]1C[C@H](C(=O)NCc2c[nH]c(=O)c3ccccc23)[C@H]2C[C@H]21. The van der Waals surface area contributed by atoms with Crippen molar-refractivity contribution in [3.05, 3.63) is 46.4 Å². The standard InChI is InChI=1S/C17H19N3O2/c18-15-6-14(12-5-13(12)15)17(22)20-8-9-7-19-16(21)11-4-2-1-3-10(9)11/h1-4,7,12-15H,5-6,8,18H2,(H,19,21)(H,20,22)/t12-,13+,14-,15+/m0/s1. The third kappa shape index (κ3) is 2.13. The number of aromatic nitrogens is 1. The van der Waals surface area contributed by atoms with Gasteiger partial charge < -0.3 is 16.0 Å². The van der Waals surface area contributed by atoms with Crippen LogP contribution in [-0.2, 0) is 11.3 Å². The number of carbonyl (C=O) groups is 1. The number of amides is 1. The third-order valence-corrected chi connectivity index (χ3v) is 5.17. The van der Waals surface area contributed by atoms with Crippen LogP contribution in [0.4, 0.5) is 0 Å². The zero-order valence-electron chi connectivity index (χ0n) is 12.2. The molecular weight excluding hydrogens is 278 g/mol. The zero-order valence-corrected chi connectivity index (χ0v) is 12.2. The molecule has 2 aliphatic carbocycles. The fourth-order valence-electron chi connectivity index (χ4n) is 3.86. The number of carbonyl (C=O) groups excluding carboxylic acids is 1. The van der Waals surface area contributed by atoms with Gasteiger partial charge in [0, 0.05) is 30.1 Å². The van der Waals surface area contributed by atoms with E-state index in [1.165, 1.54) is 0 Å². The molecule has 2 fully saturated rings. The van der Waals surface area contributed by atoms with Crippen LogP contribution in [0.25, 0.3) is 10.8 Å². The molecule has 0 spiro atoms. The zero-order chi connectivity index (χ0) is 15.3. The summed E-state index contributed by atoms with van der Waals surface area (Å²) >= 11 is 0. The molecule has 114 valence electrons. The molecule has 0 aliphatic heterocycles. The summed E-state index contributed by atoms with van der Waals surface area (Å²) in [7, 11) is 0. The summed E-state index contributed by atoms with van der Waals surface area (Å²) in [5, 5.41) is 4.55. The number of pyridine rings is 1. The Morgan fingerprint density at radius 1 is 1.23 bits per heavy atom. The van der Waals surface area contributed by atoms with E-state index in [2.05, 4.69) is 10.3 Å². The first kappa shape index (κ1) is 13.5. The summed E-state index contributed by atoms with van der Waals surface area (Å²) in [5.74, 6) is 1.21. The Morgan fingerprint density at radius 3 is 2.68 bits per heavy atom. The maximum absolute atomic E-state index is 12.4. The Balaban J connectivity index is 1.51. The Hall–Kier alpha value is -2.14. The number of hydrogen-bond acceptors (Lipinski definition) is 3. The molecule has 2 aromatic rings. The largest absolute Gasteiger partial charge is 0.352 e. The van der Waals surface area contributed by atoms with Crippen molar-refractivity contribution in [2.24, 2.45) is 23.5 Å². The quantitative estimate of drug-likeness (QED) is 0.793. The summed E-state index contributed by atoms with van der Waals surface area (Å²) in [6, 6.07) is 7.64. The second-order valence-corrected chi connectivity index (χ2v) is 6.48. The summed E-state index contributed by atoms with van der Waals surface area (Å²) in [6.07, 6.45) is 3.58. The minimum Gasteiger partial charge on any atom is -0.352 e. The molecule has 4 N–H and O–H groups in total. The molecule has 0 radical (unpaired) electrons. The molecular formula is C17H19N3O2. The Bertz CT molecular complexity index is 798. The average Bonchev–Trinajstić information content (AvgIpc) is 3.26. The molecule has 0 bridgehead atoms. The highest BCUT2D eigenvalue weighted by Crippen LogP contribution is 2.54. The average molecular weight is 297 g/mol. The summed E-state index contributed by atoms with van der Waals surface area (Å²) in [4.78, 5) is 26.9. The van der Waals surface area contributed by atoms with Crippen molar-refractivity contribution >= 4 is 16.7 Å². The summed E-state index contributed by atoms with van der Waals surface area (Å²) in [6.45, 7) is 0.430. The van der Waals surface area contributed by atoms with Gasteiger partial charge in [-0.15, -0.1) is 0 Å². The molecule has 5 nitrogen and oxygen atoms in total. The number of fused-ring (bicyclic) bond motifs is 2. The fraction of sp³-hybridized carbons (Fsp3) is 0.412. The topological polar surface area (TPSA) is 88.0 Å². The van der Waals surface area contributed by atoms with E-state index in [-0.39, 0.29) is 23.4 Å². The number of nitrogens with one attached hydrogen (secondary N) is 2. The molecule has 1 heterocycles. The van der Waals surface area contributed by atoms with E-state index in [1.807, 2.05) is 18.2 Å². The Kier molecular flexibility index (Phi) is 3.04. The highest BCUT2D eigenvalue weighted by atomic mass is 16.2. The first-order chi connectivity index (χ1) is 10.6. The molecule has 0 saturated heterocycles. The van der Waals surface area contributed by atoms with Crippen molar-refractivity contribution in [3.8, 4) is 0 Å². The molecule has 4 rings (SSSR count). The molecule has 2 aliphatic rings. The number of H-pyrrole nitrogens is 1. The highest BCUT2D eigenvalue weighted by Gasteiger charge is 2.55. The van der Waals surface area contributed by atoms with Gasteiger partial charge in [0.05, 0.1) is 0 Å². The predicted molar refractivity (Wildman–Crippen MR) is 84.1 cm³/mol. The van der Waals surface area contributed by atoms with Gasteiger partial charge in [0.1, 0.15) is 0 Å². The van der Waals surface area contributed by atoms with Crippen molar-refractivity contribution in [2.75, 3.05) is 0 Å². The van der Waals surface area contributed by atoms with Crippen molar-refractivity contribution in [3.63, 3.8) is 0 Å². The molecule has 22 heavy (non-hydrogen) atoms. The number of nitrogens with two attached hydrogens (primary N) is 1. The second-order valence-electron chi connectivity index (χ2n) is 6.48. The van der Waals surface area contributed by atoms with Gasteiger partial charge in [-0.3, -0.25) is 9.59 Å². The van der Waals surface area contributed by atoms with Crippen molar-refractivity contribution in [1.29, 1.82) is 0 Å². The van der Waals surface area contributed by atoms with Gasteiger partial charge in [-0.2, -0.15) is 0 Å². The van der Waals surface area contributed by atoms with Crippen LogP contribution in [0.3, 0.4) is 0 Å². The number of benzene rings is 1. The van der Waals surface area contributed by atoms with Gasteiger partial charge >= 0.3 is 0 Å². The van der Waals surface area contributed by atoms with E-state index in [4.69, 9.17) is 5.73 Å². The fourth-order valence-corrected chi connectivity index (χ4v) is 3.86. The summed E-state index contributed by atoms with van der Waals surface area (Å²) < 4.78 is 0. The molecule has 1 aromatic carbocycles. The minimum atomic E-state index is -0.103. The molecule has 1 amide bonds. The van der Waals surface area contributed by atoms with E-state index >= 15 is 0 Å².